The van der Waals surface area contributed by atoms with E-state index in [1.807, 2.05) is 25.1 Å². The number of hydrogen-bond donors (Lipinski definition) is 2. The maximum Gasteiger partial charge on any atom is 0.255 e. The van der Waals surface area contributed by atoms with E-state index in [0.717, 1.165) is 49.5 Å². The van der Waals surface area contributed by atoms with Crippen molar-refractivity contribution in [2.45, 2.75) is 20.4 Å². The molecule has 188 valence electrons. The normalized spacial score (nSPS) is 14.4. The zero-order valence-corrected chi connectivity index (χ0v) is 21.2. The number of likely N-dealkylation sites (N-methyl/N-ethyl adjacent to an activating group) is 1. The van der Waals surface area contributed by atoms with Crippen LogP contribution >= 0.6 is 0 Å². The number of halogens is 1. The minimum absolute atomic E-state index is 0.154. The molecule has 1 amide bonds. The Kier molecular flexibility index (Phi) is 6.99. The SMILES string of the molecule is Cc1ccc(C(=O)Nc2ccc(CN3CCN(C)CC3)c(C)c2)cc1C#Cc1cnc2[nH]cc(F)c2n1. The van der Waals surface area contributed by atoms with Gasteiger partial charge in [0.15, 0.2) is 11.5 Å². The lowest BCUT2D eigenvalue weighted by molar-refractivity contribution is 0.102. The Morgan fingerprint density at radius 2 is 1.89 bits per heavy atom. The molecule has 0 bridgehead atoms. The van der Waals surface area contributed by atoms with Crippen LogP contribution in [0.1, 0.15) is 38.3 Å². The van der Waals surface area contributed by atoms with Crippen molar-refractivity contribution in [3.8, 4) is 11.8 Å². The second kappa shape index (κ2) is 10.5. The van der Waals surface area contributed by atoms with Crippen LogP contribution in [0, 0.1) is 31.5 Å². The summed E-state index contributed by atoms with van der Waals surface area (Å²) in [6.07, 6.45) is 2.71. The van der Waals surface area contributed by atoms with Gasteiger partial charge in [0, 0.05) is 55.7 Å². The van der Waals surface area contributed by atoms with Gasteiger partial charge >= 0.3 is 0 Å². The van der Waals surface area contributed by atoms with Crippen molar-refractivity contribution in [3.05, 3.63) is 88.1 Å². The van der Waals surface area contributed by atoms with Gasteiger partial charge in [0.25, 0.3) is 5.91 Å². The molecule has 1 fully saturated rings. The third-order valence-corrected chi connectivity index (χ3v) is 6.75. The van der Waals surface area contributed by atoms with Crippen LogP contribution in [0.4, 0.5) is 10.1 Å². The van der Waals surface area contributed by atoms with E-state index in [4.69, 9.17) is 0 Å². The molecular formula is C29H29FN6O. The number of amides is 1. The number of aromatic nitrogens is 3. The molecule has 2 aromatic heterocycles. The zero-order valence-electron chi connectivity index (χ0n) is 21.2. The third-order valence-electron chi connectivity index (χ3n) is 6.75. The van der Waals surface area contributed by atoms with Gasteiger partial charge in [-0.3, -0.25) is 9.69 Å². The molecule has 37 heavy (non-hydrogen) atoms. The Morgan fingerprint density at radius 1 is 1.08 bits per heavy atom. The first-order valence-corrected chi connectivity index (χ1v) is 12.3. The quantitative estimate of drug-likeness (QED) is 0.416. The predicted octanol–water partition coefficient (Wildman–Crippen LogP) is 4.11. The number of H-pyrrole nitrogens is 1. The lowest BCUT2D eigenvalue weighted by Crippen LogP contribution is -2.43. The van der Waals surface area contributed by atoms with Crippen molar-refractivity contribution in [2.75, 3.05) is 38.5 Å². The number of carbonyl (C=O) groups excluding carboxylic acids is 1. The monoisotopic (exact) mass is 496 g/mol. The van der Waals surface area contributed by atoms with E-state index in [0.29, 0.717) is 22.5 Å². The second-order valence-corrected chi connectivity index (χ2v) is 9.54. The molecule has 0 unspecified atom stereocenters. The van der Waals surface area contributed by atoms with Gasteiger partial charge in [0.1, 0.15) is 11.2 Å². The number of anilines is 1. The van der Waals surface area contributed by atoms with Crippen molar-refractivity contribution in [2.24, 2.45) is 0 Å². The number of aryl methyl sites for hydroxylation is 2. The minimum Gasteiger partial charge on any atom is -0.342 e. The molecule has 8 heteroatoms. The maximum atomic E-state index is 13.8. The maximum absolute atomic E-state index is 13.8. The number of piperazine rings is 1. The van der Waals surface area contributed by atoms with Gasteiger partial charge in [0.2, 0.25) is 0 Å². The van der Waals surface area contributed by atoms with Crippen molar-refractivity contribution in [1.82, 2.24) is 24.8 Å². The summed E-state index contributed by atoms with van der Waals surface area (Å²) in [5.74, 6) is 5.31. The smallest absolute Gasteiger partial charge is 0.255 e. The highest BCUT2D eigenvalue weighted by atomic mass is 19.1. The summed E-state index contributed by atoms with van der Waals surface area (Å²) >= 11 is 0. The predicted molar refractivity (Wildman–Crippen MR) is 143 cm³/mol. The highest BCUT2D eigenvalue weighted by molar-refractivity contribution is 6.04. The average Bonchev–Trinajstić information content (AvgIpc) is 3.26. The van der Waals surface area contributed by atoms with Crippen LogP contribution in [0.3, 0.4) is 0 Å². The van der Waals surface area contributed by atoms with Crippen molar-refractivity contribution in [1.29, 1.82) is 0 Å². The van der Waals surface area contributed by atoms with Gasteiger partial charge < -0.3 is 15.2 Å². The summed E-state index contributed by atoms with van der Waals surface area (Å²) in [5.41, 5.74) is 6.20. The van der Waals surface area contributed by atoms with Crippen LogP contribution in [0.15, 0.2) is 48.8 Å². The molecule has 7 nitrogen and oxygen atoms in total. The van der Waals surface area contributed by atoms with E-state index in [9.17, 15) is 9.18 Å². The van der Waals surface area contributed by atoms with Crippen molar-refractivity contribution >= 4 is 22.8 Å². The van der Waals surface area contributed by atoms with E-state index in [-0.39, 0.29) is 11.4 Å². The Labute approximate surface area is 215 Å². The van der Waals surface area contributed by atoms with E-state index < -0.39 is 5.82 Å². The summed E-state index contributed by atoms with van der Waals surface area (Å²) in [7, 11) is 2.16. The third kappa shape index (κ3) is 5.69. The first kappa shape index (κ1) is 24.6. The number of fused-ring (bicyclic) bond motifs is 1. The average molecular weight is 497 g/mol. The van der Waals surface area contributed by atoms with Crippen molar-refractivity contribution < 1.29 is 9.18 Å². The van der Waals surface area contributed by atoms with E-state index in [1.54, 1.807) is 12.1 Å². The molecule has 2 aromatic carbocycles. The molecule has 1 saturated heterocycles. The summed E-state index contributed by atoms with van der Waals surface area (Å²) < 4.78 is 13.8. The van der Waals surface area contributed by atoms with Crippen LogP contribution < -0.4 is 5.32 Å². The molecular weight excluding hydrogens is 467 g/mol. The van der Waals surface area contributed by atoms with Crippen LogP contribution in [-0.2, 0) is 6.54 Å². The van der Waals surface area contributed by atoms with Gasteiger partial charge in [-0.05, 0) is 67.8 Å². The molecule has 0 aliphatic carbocycles. The lowest BCUT2D eigenvalue weighted by Gasteiger charge is -2.32. The molecule has 0 saturated carbocycles. The van der Waals surface area contributed by atoms with Crippen LogP contribution in [0.5, 0.6) is 0 Å². The number of nitrogens with one attached hydrogen (secondary N) is 2. The van der Waals surface area contributed by atoms with E-state index >= 15 is 0 Å². The van der Waals surface area contributed by atoms with Crippen molar-refractivity contribution in [3.63, 3.8) is 0 Å². The molecule has 0 radical (unpaired) electrons. The van der Waals surface area contributed by atoms with Gasteiger partial charge in [-0.25, -0.2) is 14.4 Å². The van der Waals surface area contributed by atoms with Crippen LogP contribution in [0.25, 0.3) is 11.2 Å². The van der Waals surface area contributed by atoms with Gasteiger partial charge in [-0.1, -0.05) is 18.1 Å². The second-order valence-electron chi connectivity index (χ2n) is 9.54. The Balaban J connectivity index is 1.28. The summed E-state index contributed by atoms with van der Waals surface area (Å²) in [6, 6.07) is 11.5. The van der Waals surface area contributed by atoms with Gasteiger partial charge in [-0.15, -0.1) is 0 Å². The number of carbonyl (C=O) groups is 1. The summed E-state index contributed by atoms with van der Waals surface area (Å²) in [5, 5.41) is 3.00. The van der Waals surface area contributed by atoms with Crippen LogP contribution in [-0.4, -0.2) is 63.9 Å². The van der Waals surface area contributed by atoms with Crippen LogP contribution in [0.2, 0.25) is 0 Å². The topological polar surface area (TPSA) is 77.2 Å². The van der Waals surface area contributed by atoms with Gasteiger partial charge in [-0.2, -0.15) is 0 Å². The fourth-order valence-electron chi connectivity index (χ4n) is 4.35. The molecule has 5 rings (SSSR count). The molecule has 3 heterocycles. The largest absolute Gasteiger partial charge is 0.342 e. The molecule has 1 aliphatic rings. The first-order valence-electron chi connectivity index (χ1n) is 12.3. The highest BCUT2D eigenvalue weighted by Gasteiger charge is 2.15. The molecule has 4 aromatic rings. The Hall–Kier alpha value is -4.06. The standard InChI is InChI=1S/C29H29FN6O/c1-19-4-5-22(15-21(19)6-9-25-16-31-28-27(33-25)26(30)17-32-28)29(37)34-24-8-7-23(20(2)14-24)18-36-12-10-35(3)11-13-36/h4-5,7-8,14-17H,10-13,18H2,1-3H3,(H,31,32)(H,34,37). The summed E-state index contributed by atoms with van der Waals surface area (Å²) in [4.78, 5) is 28.9. The first-order chi connectivity index (χ1) is 17.9. The lowest BCUT2D eigenvalue weighted by atomic mass is 10.0. The Bertz CT molecular complexity index is 1520. The zero-order chi connectivity index (χ0) is 25.9. The Morgan fingerprint density at radius 3 is 2.68 bits per heavy atom. The fraction of sp³-hybridized carbons (Fsp3) is 0.276. The number of nitrogens with zero attached hydrogens (tertiary/aromatic N) is 4. The van der Waals surface area contributed by atoms with Gasteiger partial charge in [0.05, 0.1) is 6.20 Å². The number of benzene rings is 2. The minimum atomic E-state index is -0.469. The van der Waals surface area contributed by atoms with E-state index in [2.05, 4.69) is 61.9 Å². The summed E-state index contributed by atoms with van der Waals surface area (Å²) in [6.45, 7) is 9.24. The van der Waals surface area contributed by atoms with E-state index in [1.165, 1.54) is 18.0 Å². The molecule has 1 aliphatic heterocycles. The number of aromatic amines is 1. The fourth-order valence-corrected chi connectivity index (χ4v) is 4.35. The number of hydrogen-bond acceptors (Lipinski definition) is 5. The molecule has 0 spiro atoms. The molecule has 0 atom stereocenters. The molecule has 2 N–H and O–H groups in total. The highest BCUT2D eigenvalue weighted by Crippen LogP contribution is 2.19. The number of rotatable bonds is 4.